The molecule has 3 N–H and O–H groups in total. The van der Waals surface area contributed by atoms with Gasteiger partial charge >= 0.3 is 0 Å². The van der Waals surface area contributed by atoms with E-state index in [0.717, 1.165) is 23.6 Å². The van der Waals surface area contributed by atoms with Crippen LogP contribution in [0.2, 0.25) is 0 Å². The monoisotopic (exact) mass is 547 g/mol. The smallest absolute Gasteiger partial charge is 0.00286 e. The van der Waals surface area contributed by atoms with Crippen molar-refractivity contribution in [3.63, 3.8) is 0 Å². The van der Waals surface area contributed by atoms with Crippen molar-refractivity contribution >= 4 is 31.9 Å². The van der Waals surface area contributed by atoms with Crippen LogP contribution in [0.15, 0.2) is 0 Å². The van der Waals surface area contributed by atoms with Crippen LogP contribution in [-0.2, 0) is 0 Å². The number of nitrogens with zero attached hydrogens (tertiary/aromatic N) is 1. The summed E-state index contributed by atoms with van der Waals surface area (Å²) in [6.07, 6.45) is 9.94. The van der Waals surface area contributed by atoms with Gasteiger partial charge in [-0.2, -0.15) is 0 Å². The van der Waals surface area contributed by atoms with Crippen LogP contribution in [0, 0.1) is 0 Å². The van der Waals surface area contributed by atoms with E-state index < -0.39 is 0 Å². The molecule has 0 atom stereocenters. The highest BCUT2D eigenvalue weighted by Crippen LogP contribution is 1.94. The van der Waals surface area contributed by atoms with Crippen molar-refractivity contribution in [2.45, 2.75) is 107 Å². The van der Waals surface area contributed by atoms with Crippen LogP contribution < -0.4 is 11.1 Å². The Morgan fingerprint density at radius 3 is 0.966 bits per heavy atom. The largest absolute Gasteiger partial charge is 0.330 e. The van der Waals surface area contributed by atoms with Gasteiger partial charge in [0, 0.05) is 10.7 Å². The number of hydrogen-bond acceptors (Lipinski definition) is 3. The molecule has 0 heterocycles. The van der Waals surface area contributed by atoms with Gasteiger partial charge in [0.2, 0.25) is 0 Å². The summed E-state index contributed by atoms with van der Waals surface area (Å²) in [7, 11) is 0. The van der Waals surface area contributed by atoms with E-state index in [9.17, 15) is 0 Å². The lowest BCUT2D eigenvalue weighted by atomic mass is 10.3. The van der Waals surface area contributed by atoms with Crippen molar-refractivity contribution in [1.29, 1.82) is 0 Å². The fraction of sp³-hybridized carbons (Fsp3) is 1.00. The Hall–Kier alpha value is 0.840. The van der Waals surface area contributed by atoms with E-state index >= 15 is 0 Å². The first-order valence-corrected chi connectivity index (χ1v) is 14.5. The molecule has 0 rings (SSSR count). The van der Waals surface area contributed by atoms with Crippen LogP contribution in [0.3, 0.4) is 0 Å². The predicted molar refractivity (Wildman–Crippen MR) is 148 cm³/mol. The van der Waals surface area contributed by atoms with E-state index in [4.69, 9.17) is 5.73 Å². The van der Waals surface area contributed by atoms with E-state index in [1.54, 1.807) is 0 Å². The molecule has 0 radical (unpaired) electrons. The van der Waals surface area contributed by atoms with Crippen molar-refractivity contribution < 1.29 is 0 Å². The zero-order chi connectivity index (χ0) is 23.6. The Balaban J connectivity index is -0.0000000885. The number of halogens is 2. The minimum absolute atomic E-state index is 0.819. The van der Waals surface area contributed by atoms with E-state index in [-0.39, 0.29) is 0 Å². The molecule has 3 nitrogen and oxygen atoms in total. The number of hydrogen-bond donors (Lipinski definition) is 2. The summed E-state index contributed by atoms with van der Waals surface area (Å²) in [6, 6.07) is 0. The minimum Gasteiger partial charge on any atom is -0.330 e. The number of rotatable bonds is 13. The Kier molecular flexibility index (Phi) is 71.4. The van der Waals surface area contributed by atoms with Crippen molar-refractivity contribution in [2.75, 3.05) is 49.9 Å². The third-order valence-corrected chi connectivity index (χ3v) is 4.73. The van der Waals surface area contributed by atoms with Crippen LogP contribution >= 0.6 is 31.9 Å². The van der Waals surface area contributed by atoms with Crippen molar-refractivity contribution in [1.82, 2.24) is 10.2 Å². The van der Waals surface area contributed by atoms with Gasteiger partial charge in [0.1, 0.15) is 0 Å². The second kappa shape index (κ2) is 51.5. The first-order valence-electron chi connectivity index (χ1n) is 12.3. The lowest BCUT2D eigenvalue weighted by Gasteiger charge is -2.19. The maximum atomic E-state index is 5.03. The van der Waals surface area contributed by atoms with Crippen LogP contribution in [0.5, 0.6) is 0 Å². The normalized spacial score (nSPS) is 9.10. The maximum absolute atomic E-state index is 5.03. The molecule has 5 heteroatoms. The van der Waals surface area contributed by atoms with Gasteiger partial charge in [-0.25, -0.2) is 0 Å². The zero-order valence-corrected chi connectivity index (χ0v) is 24.8. The van der Waals surface area contributed by atoms with Gasteiger partial charge in [0.15, 0.2) is 0 Å². The Bertz CT molecular complexity index is 163. The minimum atomic E-state index is 0.819. The van der Waals surface area contributed by atoms with Gasteiger partial charge in [0.05, 0.1) is 0 Å². The molecule has 0 aliphatic carbocycles. The molecule has 29 heavy (non-hydrogen) atoms. The Morgan fingerprint density at radius 2 is 0.828 bits per heavy atom. The molecule has 0 spiro atoms. The molecule has 0 unspecified atom stereocenters. The quantitative estimate of drug-likeness (QED) is 0.182. The predicted octanol–water partition coefficient (Wildman–Crippen LogP) is 7.85. The molecule has 0 saturated carbocycles. The zero-order valence-electron chi connectivity index (χ0n) is 21.6. The molecular weight excluding hydrogens is 490 g/mol. The summed E-state index contributed by atoms with van der Waals surface area (Å²) in [6.45, 7) is 24.4. The molecule has 0 aliphatic rings. The van der Waals surface area contributed by atoms with E-state index in [1.807, 2.05) is 0 Å². The average Bonchev–Trinajstić information content (AvgIpc) is 2.75. The lowest BCUT2D eigenvalue weighted by molar-refractivity contribution is 0.275. The molecular formula is C24H59Br2N3. The van der Waals surface area contributed by atoms with Gasteiger partial charge < -0.3 is 16.0 Å². The number of nitrogens with two attached hydrogens (primary N) is 1. The molecule has 0 aromatic heterocycles. The standard InChI is InChI=1S/C9H21N.C6H15N.2C3H7Br.C3H9N/c1-4-7-10(8-5-2)9-6-3;1-3-5-7-6-4-2;3*1-2-3-4/h4-9H2,1-3H3;7H,3-6H2,1-2H3;2*2-3H2,1H3;2-4H2,1H3. The van der Waals surface area contributed by atoms with Gasteiger partial charge in [-0.05, 0) is 90.6 Å². The maximum Gasteiger partial charge on any atom is 0.00286 e. The third-order valence-electron chi connectivity index (χ3n) is 3.14. The summed E-state index contributed by atoms with van der Waals surface area (Å²) in [5.41, 5.74) is 5.03. The van der Waals surface area contributed by atoms with Crippen molar-refractivity contribution in [3.05, 3.63) is 0 Å². The Labute approximate surface area is 204 Å². The highest BCUT2D eigenvalue weighted by atomic mass is 79.9. The summed E-state index contributed by atoms with van der Waals surface area (Å²) >= 11 is 6.50. The Morgan fingerprint density at radius 1 is 0.552 bits per heavy atom. The van der Waals surface area contributed by atoms with Crippen LogP contribution in [0.4, 0.5) is 0 Å². The topological polar surface area (TPSA) is 41.3 Å². The van der Waals surface area contributed by atoms with Gasteiger partial charge in [0.25, 0.3) is 0 Å². The summed E-state index contributed by atoms with van der Waals surface area (Å²) in [5.74, 6) is 0. The first-order chi connectivity index (χ1) is 14.0. The molecule has 0 aliphatic heterocycles. The third kappa shape index (κ3) is 73.3. The molecule has 0 fully saturated rings. The summed E-state index contributed by atoms with van der Waals surface area (Å²) < 4.78 is 0. The fourth-order valence-electron chi connectivity index (χ4n) is 1.76. The molecule has 0 aromatic carbocycles. The van der Waals surface area contributed by atoms with Gasteiger partial charge in [-0.1, -0.05) is 87.2 Å². The molecule has 0 bridgehead atoms. The number of nitrogens with one attached hydrogen (secondary N) is 1. The fourth-order valence-corrected chi connectivity index (χ4v) is 1.76. The lowest BCUT2D eigenvalue weighted by Crippen LogP contribution is -2.25. The molecule has 0 aromatic rings. The second-order valence-corrected chi connectivity index (χ2v) is 8.34. The molecule has 184 valence electrons. The van der Waals surface area contributed by atoms with Gasteiger partial charge in [-0.15, -0.1) is 0 Å². The SMILES string of the molecule is CCCBr.CCCBr.CCCN.CCCN(CCC)CCC.CCCNCCC. The van der Waals surface area contributed by atoms with Crippen LogP contribution in [0.1, 0.15) is 107 Å². The van der Waals surface area contributed by atoms with E-state index in [2.05, 4.69) is 97.5 Å². The van der Waals surface area contributed by atoms with Crippen LogP contribution in [0.25, 0.3) is 0 Å². The number of alkyl halides is 2. The first kappa shape index (κ1) is 40.2. The summed E-state index contributed by atoms with van der Waals surface area (Å²) in [4.78, 5) is 2.54. The van der Waals surface area contributed by atoms with Crippen molar-refractivity contribution in [3.8, 4) is 0 Å². The summed E-state index contributed by atoms with van der Waals surface area (Å²) in [5, 5.41) is 5.55. The molecule has 0 amide bonds. The highest BCUT2D eigenvalue weighted by molar-refractivity contribution is 9.09. The van der Waals surface area contributed by atoms with Crippen LogP contribution in [-0.4, -0.2) is 54.8 Å². The van der Waals surface area contributed by atoms with Gasteiger partial charge in [-0.3, -0.25) is 0 Å². The van der Waals surface area contributed by atoms with E-state index in [1.165, 1.54) is 77.7 Å². The molecule has 0 saturated heterocycles. The van der Waals surface area contributed by atoms with E-state index in [0.29, 0.717) is 0 Å². The average molecular weight is 550 g/mol. The highest BCUT2D eigenvalue weighted by Gasteiger charge is 1.98. The second-order valence-electron chi connectivity index (χ2n) is 6.76. The van der Waals surface area contributed by atoms with Crippen molar-refractivity contribution in [2.24, 2.45) is 5.73 Å².